The van der Waals surface area contributed by atoms with Crippen LogP contribution in [0, 0.1) is 0 Å². The third kappa shape index (κ3) is 4.06. The lowest BCUT2D eigenvalue weighted by Gasteiger charge is -2.26. The zero-order valence-corrected chi connectivity index (χ0v) is 13.2. The molecule has 0 aliphatic carbocycles. The van der Waals surface area contributed by atoms with Crippen molar-refractivity contribution in [3.8, 4) is 0 Å². The Morgan fingerprint density at radius 3 is 2.48 bits per heavy atom. The van der Waals surface area contributed by atoms with Gasteiger partial charge in [-0.25, -0.2) is 8.42 Å². The van der Waals surface area contributed by atoms with Gasteiger partial charge in [0.2, 0.25) is 0 Å². The first kappa shape index (κ1) is 16.0. The van der Waals surface area contributed by atoms with Gasteiger partial charge in [0.15, 0.2) is 0 Å². The fourth-order valence-corrected chi connectivity index (χ4v) is 2.92. The van der Waals surface area contributed by atoms with E-state index in [-0.39, 0.29) is 10.8 Å². The summed E-state index contributed by atoms with van der Waals surface area (Å²) >= 11 is 0. The Morgan fingerprint density at radius 1 is 1.33 bits per heavy atom. The van der Waals surface area contributed by atoms with E-state index < -0.39 is 9.05 Å². The first-order valence-corrected chi connectivity index (χ1v) is 8.73. The molecule has 0 bridgehead atoms. The van der Waals surface area contributed by atoms with Crippen molar-refractivity contribution in [2.24, 2.45) is 0 Å². The number of ether oxygens (including phenoxy) is 1. The first-order chi connectivity index (χ1) is 9.91. The lowest BCUT2D eigenvalue weighted by atomic mass is 10.1. The van der Waals surface area contributed by atoms with Crippen LogP contribution in [0.4, 0.5) is 0 Å². The summed E-state index contributed by atoms with van der Waals surface area (Å²) in [5, 5.41) is 0. The summed E-state index contributed by atoms with van der Waals surface area (Å²) in [5.74, 6) is -0.124. The Kier molecular flexibility index (Phi) is 5.03. The summed E-state index contributed by atoms with van der Waals surface area (Å²) in [4.78, 5) is 14.0. The maximum Gasteiger partial charge on any atom is 0.261 e. The molecule has 1 aliphatic heterocycles. The standard InChI is InChI=1S/C14H16ClNO4S/c1-20-10-11-6-8-16(9-7-11)14(17)12-2-4-13(5-3-12)21(15,18)19/h2-6H,7-10H2,1H3. The van der Waals surface area contributed by atoms with Gasteiger partial charge < -0.3 is 9.64 Å². The smallest absolute Gasteiger partial charge is 0.261 e. The quantitative estimate of drug-likeness (QED) is 0.626. The van der Waals surface area contributed by atoms with E-state index in [9.17, 15) is 13.2 Å². The molecule has 0 N–H and O–H groups in total. The Hall–Kier alpha value is -1.37. The van der Waals surface area contributed by atoms with E-state index in [0.717, 1.165) is 6.42 Å². The number of hydrogen-bond donors (Lipinski definition) is 0. The second kappa shape index (κ2) is 6.60. The molecule has 0 spiro atoms. The van der Waals surface area contributed by atoms with Crippen LogP contribution in [0.3, 0.4) is 0 Å². The number of methoxy groups -OCH3 is 1. The van der Waals surface area contributed by atoms with Crippen LogP contribution in [0.1, 0.15) is 16.8 Å². The van der Waals surface area contributed by atoms with Crippen LogP contribution in [0.2, 0.25) is 0 Å². The molecule has 21 heavy (non-hydrogen) atoms. The van der Waals surface area contributed by atoms with Crippen molar-refractivity contribution in [3.05, 3.63) is 41.5 Å². The van der Waals surface area contributed by atoms with Crippen LogP contribution >= 0.6 is 10.7 Å². The monoisotopic (exact) mass is 329 g/mol. The van der Waals surface area contributed by atoms with Crippen molar-refractivity contribution in [2.45, 2.75) is 11.3 Å². The average molecular weight is 330 g/mol. The summed E-state index contributed by atoms with van der Waals surface area (Å²) in [7, 11) is 3.13. The van der Waals surface area contributed by atoms with E-state index in [4.69, 9.17) is 15.4 Å². The summed E-state index contributed by atoms with van der Waals surface area (Å²) < 4.78 is 27.4. The average Bonchev–Trinajstić information content (AvgIpc) is 2.47. The van der Waals surface area contributed by atoms with Crippen molar-refractivity contribution in [1.82, 2.24) is 4.90 Å². The molecule has 0 saturated carbocycles. The molecule has 114 valence electrons. The van der Waals surface area contributed by atoms with E-state index in [1.165, 1.54) is 29.8 Å². The van der Waals surface area contributed by atoms with Gasteiger partial charge in [0.05, 0.1) is 11.5 Å². The zero-order valence-electron chi connectivity index (χ0n) is 11.6. The number of amides is 1. The van der Waals surface area contributed by atoms with Crippen molar-refractivity contribution in [3.63, 3.8) is 0 Å². The Bertz CT molecular complexity index is 652. The molecule has 0 fully saturated rings. The molecule has 5 nitrogen and oxygen atoms in total. The molecule has 1 heterocycles. The van der Waals surface area contributed by atoms with E-state index in [1.807, 2.05) is 6.08 Å². The van der Waals surface area contributed by atoms with Gasteiger partial charge in [-0.05, 0) is 36.3 Å². The molecule has 7 heteroatoms. The van der Waals surface area contributed by atoms with Crippen molar-refractivity contribution < 1.29 is 17.9 Å². The fourth-order valence-electron chi connectivity index (χ4n) is 2.15. The van der Waals surface area contributed by atoms with Gasteiger partial charge in [-0.3, -0.25) is 4.79 Å². The molecule has 1 aliphatic rings. The number of benzene rings is 1. The minimum absolute atomic E-state index is 0.0124. The van der Waals surface area contributed by atoms with Gasteiger partial charge >= 0.3 is 0 Å². The Labute approximate surface area is 128 Å². The van der Waals surface area contributed by atoms with Gasteiger partial charge in [0.1, 0.15) is 0 Å². The summed E-state index contributed by atoms with van der Waals surface area (Å²) in [5.41, 5.74) is 1.63. The molecule has 1 aromatic rings. The molecular formula is C14H16ClNO4S. The number of hydrogen-bond acceptors (Lipinski definition) is 4. The van der Waals surface area contributed by atoms with Gasteiger partial charge in [0, 0.05) is 36.4 Å². The van der Waals surface area contributed by atoms with Gasteiger partial charge in [-0.15, -0.1) is 0 Å². The van der Waals surface area contributed by atoms with Crippen molar-refractivity contribution in [2.75, 3.05) is 26.8 Å². The van der Waals surface area contributed by atoms with Crippen LogP contribution < -0.4 is 0 Å². The predicted octanol–water partition coefficient (Wildman–Crippen LogP) is 2.03. The molecule has 0 saturated heterocycles. The third-order valence-corrected chi connectivity index (χ3v) is 4.67. The summed E-state index contributed by atoms with van der Waals surface area (Å²) in [6.45, 7) is 1.75. The Morgan fingerprint density at radius 2 is 2.00 bits per heavy atom. The van der Waals surface area contributed by atoms with Crippen molar-refractivity contribution >= 4 is 25.6 Å². The Balaban J connectivity index is 2.08. The van der Waals surface area contributed by atoms with E-state index in [2.05, 4.69) is 0 Å². The van der Waals surface area contributed by atoms with E-state index >= 15 is 0 Å². The number of carbonyl (C=O) groups is 1. The normalized spacial score (nSPS) is 15.7. The van der Waals surface area contributed by atoms with Crippen LogP contribution in [-0.2, 0) is 13.8 Å². The molecule has 0 atom stereocenters. The molecular weight excluding hydrogens is 314 g/mol. The zero-order chi connectivity index (χ0) is 15.5. The maximum absolute atomic E-state index is 12.3. The highest BCUT2D eigenvalue weighted by atomic mass is 35.7. The maximum atomic E-state index is 12.3. The number of carbonyl (C=O) groups excluding carboxylic acids is 1. The lowest BCUT2D eigenvalue weighted by Crippen LogP contribution is -2.35. The van der Waals surface area contributed by atoms with Crippen LogP contribution in [-0.4, -0.2) is 46.0 Å². The summed E-state index contributed by atoms with van der Waals surface area (Å²) in [6.07, 6.45) is 2.77. The van der Waals surface area contributed by atoms with Gasteiger partial charge in [0.25, 0.3) is 15.0 Å². The molecule has 1 aromatic carbocycles. The van der Waals surface area contributed by atoms with Gasteiger partial charge in [-0.1, -0.05) is 6.08 Å². The molecule has 0 radical (unpaired) electrons. The third-order valence-electron chi connectivity index (χ3n) is 3.30. The number of rotatable bonds is 4. The highest BCUT2D eigenvalue weighted by Crippen LogP contribution is 2.18. The number of halogens is 1. The van der Waals surface area contributed by atoms with Crippen LogP contribution in [0.25, 0.3) is 0 Å². The minimum Gasteiger partial charge on any atom is -0.380 e. The van der Waals surface area contributed by atoms with Crippen LogP contribution in [0.5, 0.6) is 0 Å². The first-order valence-electron chi connectivity index (χ1n) is 6.42. The molecule has 0 aromatic heterocycles. The molecule has 0 unspecified atom stereocenters. The largest absolute Gasteiger partial charge is 0.380 e. The fraction of sp³-hybridized carbons (Fsp3) is 0.357. The van der Waals surface area contributed by atoms with Gasteiger partial charge in [-0.2, -0.15) is 0 Å². The van der Waals surface area contributed by atoms with E-state index in [1.54, 1.807) is 12.0 Å². The topological polar surface area (TPSA) is 63.7 Å². The molecule has 2 rings (SSSR count). The lowest BCUT2D eigenvalue weighted by molar-refractivity contribution is 0.0765. The highest BCUT2D eigenvalue weighted by molar-refractivity contribution is 8.13. The molecule has 1 amide bonds. The number of nitrogens with zero attached hydrogens (tertiary/aromatic N) is 1. The second-order valence-corrected chi connectivity index (χ2v) is 7.32. The highest BCUT2D eigenvalue weighted by Gasteiger charge is 2.19. The van der Waals surface area contributed by atoms with Crippen LogP contribution in [0.15, 0.2) is 40.8 Å². The SMILES string of the molecule is COCC1=CCN(C(=O)c2ccc(S(=O)(=O)Cl)cc2)CC1. The van der Waals surface area contributed by atoms with E-state index in [0.29, 0.717) is 25.3 Å². The summed E-state index contributed by atoms with van der Waals surface area (Å²) in [6, 6.07) is 5.63. The second-order valence-electron chi connectivity index (χ2n) is 4.76. The minimum atomic E-state index is -3.76. The van der Waals surface area contributed by atoms with Crippen molar-refractivity contribution in [1.29, 1.82) is 0 Å². The predicted molar refractivity (Wildman–Crippen MR) is 80.0 cm³/mol.